The van der Waals surface area contributed by atoms with Crippen molar-refractivity contribution >= 4 is 0 Å². The largest absolute Gasteiger partial charge is 1.00 e. The van der Waals surface area contributed by atoms with Crippen molar-refractivity contribution in [3.63, 3.8) is 0 Å². The molecule has 0 atom stereocenters. The summed E-state index contributed by atoms with van der Waals surface area (Å²) in [5.74, 6) is 0. The molecule has 0 aromatic heterocycles. The highest BCUT2D eigenvalue weighted by atomic mass is 16.6. The average molecular weight is 266 g/mol. The number of rotatable bonds is 9. The first kappa shape index (κ1) is 19.1. The van der Waals surface area contributed by atoms with Crippen molar-refractivity contribution in [3.8, 4) is 0 Å². The van der Waals surface area contributed by atoms with Crippen LogP contribution < -0.4 is 28.3 Å². The van der Waals surface area contributed by atoms with E-state index in [2.05, 4.69) is 10.6 Å². The maximum Gasteiger partial charge on any atom is 1.00 e. The minimum absolute atomic E-state index is 0. The van der Waals surface area contributed by atoms with Crippen LogP contribution in [0, 0.1) is 10.4 Å². The molecule has 0 bridgehead atoms. The zero-order valence-corrected chi connectivity index (χ0v) is 10.6. The third-order valence-corrected chi connectivity index (χ3v) is 1.73. The van der Waals surface area contributed by atoms with E-state index in [9.17, 15) is 10.4 Å². The van der Waals surface area contributed by atoms with Crippen LogP contribution in [0.3, 0.4) is 0 Å². The Labute approximate surface area is 109 Å². The fourth-order valence-corrected chi connectivity index (χ4v) is 0.962. The van der Waals surface area contributed by atoms with Crippen molar-refractivity contribution in [3.05, 3.63) is 10.4 Å². The molecular formula is C8H26N8O2. The second-order valence-electron chi connectivity index (χ2n) is 3.19. The Morgan fingerprint density at radius 1 is 1.00 bits per heavy atom. The van der Waals surface area contributed by atoms with Crippen LogP contribution in [0.15, 0.2) is 5.28 Å². The molecule has 0 fully saturated rings. The summed E-state index contributed by atoms with van der Waals surface area (Å²) in [4.78, 5) is -0.0419. The van der Waals surface area contributed by atoms with Gasteiger partial charge in [0.25, 0.3) is 0 Å². The van der Waals surface area contributed by atoms with Gasteiger partial charge < -0.3 is 38.7 Å². The van der Waals surface area contributed by atoms with Crippen LogP contribution >= 0.6 is 0 Å². The predicted octanol–water partition coefficient (Wildman–Crippen LogP) is -2.81. The number of nitrogens with one attached hydrogen (secondary N) is 1. The summed E-state index contributed by atoms with van der Waals surface area (Å²) in [7, 11) is 0. The van der Waals surface area contributed by atoms with Gasteiger partial charge in [-0.05, 0) is 5.28 Å². The van der Waals surface area contributed by atoms with E-state index in [4.69, 9.17) is 22.9 Å². The summed E-state index contributed by atoms with van der Waals surface area (Å²) in [6, 6.07) is 0. The molecule has 10 heteroatoms. The average Bonchev–Trinajstić information content (AvgIpc) is 2.39. The van der Waals surface area contributed by atoms with Gasteiger partial charge in [0, 0.05) is 44.2 Å². The third-order valence-electron chi connectivity index (χ3n) is 1.73. The van der Waals surface area contributed by atoms with E-state index in [-0.39, 0.29) is 32.6 Å². The van der Waals surface area contributed by atoms with E-state index in [0.29, 0.717) is 13.1 Å². The molecule has 0 rings (SSSR count). The summed E-state index contributed by atoms with van der Waals surface area (Å²) in [6.45, 7) is 4.27. The number of hydrogen-bond acceptors (Lipinski definition) is 8. The van der Waals surface area contributed by atoms with Gasteiger partial charge in [0.05, 0.1) is 13.1 Å². The molecule has 0 spiro atoms. The van der Waals surface area contributed by atoms with E-state index in [1.165, 1.54) is 0 Å². The van der Waals surface area contributed by atoms with Gasteiger partial charge in [-0.25, -0.2) is 0 Å². The van der Waals surface area contributed by atoms with Crippen LogP contribution in [0.25, 0.3) is 0 Å². The smallest absolute Gasteiger partial charge is 0.737 e. The molecule has 0 saturated carbocycles. The lowest BCUT2D eigenvalue weighted by Gasteiger charge is -2.17. The van der Waals surface area contributed by atoms with Gasteiger partial charge in [0.15, 0.2) is 0 Å². The monoisotopic (exact) mass is 266 g/mol. The van der Waals surface area contributed by atoms with E-state index < -0.39 is 0 Å². The van der Waals surface area contributed by atoms with Crippen molar-refractivity contribution in [1.82, 2.24) is 10.3 Å². The Kier molecular flexibility index (Phi) is 16.8. The molecule has 18 heavy (non-hydrogen) atoms. The zero-order chi connectivity index (χ0) is 14.2. The molecule has 0 amide bonds. The molecule has 0 radical (unpaired) electrons. The fraction of sp³-hybridized carbons (Fsp3) is 1.00. The summed E-state index contributed by atoms with van der Waals surface area (Å²) < 4.78 is 0. The minimum atomic E-state index is -0.0419. The number of hydrazine groups is 1. The lowest BCUT2D eigenvalue weighted by atomic mass is 10.5. The Balaban J connectivity index is -0.000000280. The van der Waals surface area contributed by atoms with E-state index >= 15 is 0 Å². The van der Waals surface area contributed by atoms with Crippen molar-refractivity contribution in [1.29, 1.82) is 0 Å². The highest BCUT2D eigenvalue weighted by Gasteiger charge is 2.07. The van der Waals surface area contributed by atoms with Crippen LogP contribution in [0.5, 0.6) is 0 Å². The van der Waals surface area contributed by atoms with E-state index in [1.54, 1.807) is 0 Å². The van der Waals surface area contributed by atoms with Crippen LogP contribution in [-0.4, -0.2) is 62.3 Å². The van der Waals surface area contributed by atoms with Crippen LogP contribution in [0.2, 0.25) is 0 Å². The van der Waals surface area contributed by atoms with Gasteiger partial charge in [-0.2, -0.15) is 0 Å². The highest BCUT2D eigenvalue weighted by Crippen LogP contribution is 1.87. The summed E-state index contributed by atoms with van der Waals surface area (Å²) in [6.07, 6.45) is 0. The number of nitrogens with two attached hydrogens (primary N) is 4. The summed E-state index contributed by atoms with van der Waals surface area (Å²) in [5, 5.41) is 26.6. The molecule has 0 saturated heterocycles. The molecule has 0 aliphatic heterocycles. The lowest BCUT2D eigenvalue weighted by Crippen LogP contribution is -2.38. The van der Waals surface area contributed by atoms with Crippen molar-refractivity contribution in [2.45, 2.75) is 0 Å². The maximum atomic E-state index is 10.5. The molecule has 0 aliphatic rings. The standard InChI is InChI=1S/C4H13N5O2.C4H13N3/c5-1-3-8(4-2-6)9(11)7-10;5-1-3-7-4-2-6/h10H,1-6H2;7H,1-6H2. The van der Waals surface area contributed by atoms with Gasteiger partial charge in [-0.1, -0.05) is 0 Å². The summed E-state index contributed by atoms with van der Waals surface area (Å²) in [5.41, 5.74) is 20.7. The maximum absolute atomic E-state index is 10.5. The fourth-order valence-electron chi connectivity index (χ4n) is 0.962. The number of nitrogens with zero attached hydrogens (tertiary/aromatic N) is 3. The SMILES string of the molecule is NCCN(CCN)[N+]([O-])=N[O-].NCCNCCN.[H+]. The van der Waals surface area contributed by atoms with Crippen LogP contribution in [0.4, 0.5) is 0 Å². The van der Waals surface area contributed by atoms with Gasteiger partial charge in [-0.3, -0.25) is 0 Å². The van der Waals surface area contributed by atoms with Crippen LogP contribution in [0.1, 0.15) is 1.43 Å². The summed E-state index contributed by atoms with van der Waals surface area (Å²) >= 11 is 0. The quantitative estimate of drug-likeness (QED) is 0.128. The normalized spacial score (nSPS) is 10.8. The molecule has 0 heterocycles. The first-order chi connectivity index (χ1) is 8.67. The molecule has 110 valence electrons. The molecule has 9 N–H and O–H groups in total. The Hall–Kier alpha value is -1.20. The highest BCUT2D eigenvalue weighted by molar-refractivity contribution is 4.46. The second-order valence-corrected chi connectivity index (χ2v) is 3.19. The predicted molar refractivity (Wildman–Crippen MR) is 71.2 cm³/mol. The van der Waals surface area contributed by atoms with Crippen molar-refractivity contribution < 1.29 is 6.40 Å². The lowest BCUT2D eigenvalue weighted by molar-refractivity contribution is -0.689. The molecule has 0 aromatic carbocycles. The number of hydrogen-bond donors (Lipinski definition) is 5. The Morgan fingerprint density at radius 3 is 1.72 bits per heavy atom. The Morgan fingerprint density at radius 2 is 1.44 bits per heavy atom. The van der Waals surface area contributed by atoms with Gasteiger partial charge >= 0.3 is 1.43 Å². The minimum Gasteiger partial charge on any atom is -0.737 e. The first-order valence-electron chi connectivity index (χ1n) is 5.74. The first-order valence-corrected chi connectivity index (χ1v) is 5.74. The third kappa shape index (κ3) is 12.9. The van der Waals surface area contributed by atoms with Crippen molar-refractivity contribution in [2.24, 2.45) is 28.2 Å². The topological polar surface area (TPSA) is 181 Å². The Bertz CT molecular complexity index is 188. The zero-order valence-electron chi connectivity index (χ0n) is 11.6. The molecule has 10 nitrogen and oxygen atoms in total. The molecule has 0 aromatic rings. The van der Waals surface area contributed by atoms with E-state index in [1.807, 2.05) is 0 Å². The van der Waals surface area contributed by atoms with Crippen molar-refractivity contribution in [2.75, 3.05) is 52.4 Å². The van der Waals surface area contributed by atoms with Gasteiger partial charge in [0.1, 0.15) is 0 Å². The molecular weight excluding hydrogens is 240 g/mol. The second kappa shape index (κ2) is 15.8. The van der Waals surface area contributed by atoms with E-state index in [0.717, 1.165) is 18.1 Å². The molecule has 0 aliphatic carbocycles. The molecule has 0 unspecified atom stereocenters. The van der Waals surface area contributed by atoms with Crippen LogP contribution in [-0.2, 0) is 0 Å². The van der Waals surface area contributed by atoms with Gasteiger partial charge in [0.2, 0.25) is 0 Å². The van der Waals surface area contributed by atoms with Gasteiger partial charge in [-0.15, -0.1) is 5.01 Å².